The van der Waals surface area contributed by atoms with Crippen LogP contribution in [0.5, 0.6) is 0 Å². The molecule has 1 fully saturated rings. The summed E-state index contributed by atoms with van der Waals surface area (Å²) < 4.78 is 0. The van der Waals surface area contributed by atoms with Crippen LogP contribution in [0.2, 0.25) is 0 Å². The third kappa shape index (κ3) is 3.91. The summed E-state index contributed by atoms with van der Waals surface area (Å²) in [5.74, 6) is 1.52. The Hall–Kier alpha value is -2.74. The van der Waals surface area contributed by atoms with Crippen molar-refractivity contribution in [1.29, 1.82) is 0 Å². The summed E-state index contributed by atoms with van der Waals surface area (Å²) in [4.78, 5) is 31.5. The molecule has 0 radical (unpaired) electrons. The molecule has 1 aromatic heterocycles. The van der Waals surface area contributed by atoms with Gasteiger partial charge in [-0.2, -0.15) is 15.0 Å². The topological polar surface area (TPSA) is 91.5 Å². The molecule has 0 saturated carbocycles. The van der Waals surface area contributed by atoms with E-state index in [0.717, 1.165) is 18.7 Å². The lowest BCUT2D eigenvalue weighted by molar-refractivity contribution is 0.0575. The van der Waals surface area contributed by atoms with Crippen molar-refractivity contribution in [2.75, 3.05) is 50.9 Å². The molecule has 1 saturated heterocycles. The first kappa shape index (κ1) is 18.1. The Kier molecular flexibility index (Phi) is 5.32. The Labute approximate surface area is 153 Å². The number of nitrogen functional groups attached to an aromatic ring is 1. The van der Waals surface area contributed by atoms with Crippen LogP contribution in [0.1, 0.15) is 29.1 Å². The van der Waals surface area contributed by atoms with Crippen LogP contribution in [0, 0.1) is 0 Å². The summed E-state index contributed by atoms with van der Waals surface area (Å²) >= 11 is 0. The largest absolute Gasteiger partial charge is 0.368 e. The zero-order valence-electron chi connectivity index (χ0n) is 15.5. The molecule has 0 bridgehead atoms. The molecule has 2 heterocycles. The standard InChI is InChI=1S/C18H25N7O/c1-13(15-20-17(19)22-18(21-15)23(2)3)24-9-11-25(12-10-24)16(26)14-7-5-4-6-8-14/h4-8,13H,9-12H2,1-3H3,(H2,19,20,21,22)/t13-/m1/s1. The number of nitrogens with zero attached hydrogens (tertiary/aromatic N) is 6. The van der Waals surface area contributed by atoms with Crippen LogP contribution in [0.25, 0.3) is 0 Å². The van der Waals surface area contributed by atoms with Crippen molar-refractivity contribution >= 4 is 17.8 Å². The summed E-state index contributed by atoms with van der Waals surface area (Å²) in [6.45, 7) is 4.95. The van der Waals surface area contributed by atoms with E-state index in [9.17, 15) is 4.79 Å². The maximum Gasteiger partial charge on any atom is 0.253 e. The quantitative estimate of drug-likeness (QED) is 0.876. The number of nitrogens with two attached hydrogens (primary N) is 1. The predicted molar refractivity (Wildman–Crippen MR) is 101 cm³/mol. The predicted octanol–water partition coefficient (Wildman–Crippen LogP) is 1.04. The highest BCUT2D eigenvalue weighted by Crippen LogP contribution is 2.21. The number of aromatic nitrogens is 3. The zero-order chi connectivity index (χ0) is 18.7. The Balaban J connectivity index is 1.65. The number of hydrogen-bond donors (Lipinski definition) is 1. The van der Waals surface area contributed by atoms with Gasteiger partial charge in [0.1, 0.15) is 0 Å². The summed E-state index contributed by atoms with van der Waals surface area (Å²) in [6.07, 6.45) is 0. The summed E-state index contributed by atoms with van der Waals surface area (Å²) in [5, 5.41) is 0. The van der Waals surface area contributed by atoms with Gasteiger partial charge in [0.2, 0.25) is 11.9 Å². The van der Waals surface area contributed by atoms with Crippen LogP contribution >= 0.6 is 0 Å². The molecule has 8 nitrogen and oxygen atoms in total. The fourth-order valence-electron chi connectivity index (χ4n) is 3.02. The number of carbonyl (C=O) groups excluding carboxylic acids is 1. The maximum atomic E-state index is 12.6. The molecule has 1 aromatic carbocycles. The van der Waals surface area contributed by atoms with Gasteiger partial charge in [0, 0.05) is 45.8 Å². The fourth-order valence-corrected chi connectivity index (χ4v) is 3.02. The third-order valence-corrected chi connectivity index (χ3v) is 4.60. The van der Waals surface area contributed by atoms with Crippen molar-refractivity contribution < 1.29 is 4.79 Å². The maximum absolute atomic E-state index is 12.6. The normalized spacial score (nSPS) is 16.3. The Morgan fingerprint density at radius 3 is 2.35 bits per heavy atom. The lowest BCUT2D eigenvalue weighted by atomic mass is 10.1. The van der Waals surface area contributed by atoms with Gasteiger partial charge >= 0.3 is 0 Å². The molecule has 138 valence electrons. The van der Waals surface area contributed by atoms with E-state index in [1.165, 1.54) is 0 Å². The van der Waals surface area contributed by atoms with E-state index in [2.05, 4.69) is 26.8 Å². The van der Waals surface area contributed by atoms with E-state index in [1.807, 2.05) is 54.2 Å². The van der Waals surface area contributed by atoms with Crippen LogP contribution in [0.4, 0.5) is 11.9 Å². The molecule has 1 aliphatic heterocycles. The molecule has 26 heavy (non-hydrogen) atoms. The second-order valence-corrected chi connectivity index (χ2v) is 6.62. The van der Waals surface area contributed by atoms with E-state index in [-0.39, 0.29) is 17.9 Å². The number of amides is 1. The minimum atomic E-state index is 0.00739. The molecule has 0 aliphatic carbocycles. The van der Waals surface area contributed by atoms with Gasteiger partial charge in [-0.25, -0.2) is 0 Å². The van der Waals surface area contributed by atoms with Gasteiger partial charge < -0.3 is 15.5 Å². The van der Waals surface area contributed by atoms with Gasteiger partial charge in [0.15, 0.2) is 5.82 Å². The number of piperazine rings is 1. The lowest BCUT2D eigenvalue weighted by Crippen LogP contribution is -2.49. The van der Waals surface area contributed by atoms with E-state index in [0.29, 0.717) is 24.9 Å². The van der Waals surface area contributed by atoms with E-state index >= 15 is 0 Å². The van der Waals surface area contributed by atoms with Crippen molar-refractivity contribution in [3.8, 4) is 0 Å². The van der Waals surface area contributed by atoms with Gasteiger partial charge in [-0.1, -0.05) is 18.2 Å². The van der Waals surface area contributed by atoms with Crippen LogP contribution in [0.3, 0.4) is 0 Å². The van der Waals surface area contributed by atoms with Crippen molar-refractivity contribution in [2.24, 2.45) is 0 Å². The van der Waals surface area contributed by atoms with Crippen molar-refractivity contribution in [2.45, 2.75) is 13.0 Å². The van der Waals surface area contributed by atoms with Gasteiger partial charge in [-0.3, -0.25) is 9.69 Å². The first-order valence-electron chi connectivity index (χ1n) is 8.73. The fraction of sp³-hybridized carbons (Fsp3) is 0.444. The van der Waals surface area contributed by atoms with Crippen molar-refractivity contribution in [1.82, 2.24) is 24.8 Å². The first-order valence-corrected chi connectivity index (χ1v) is 8.73. The zero-order valence-corrected chi connectivity index (χ0v) is 15.5. The highest BCUT2D eigenvalue weighted by atomic mass is 16.2. The first-order chi connectivity index (χ1) is 12.5. The Bertz CT molecular complexity index is 757. The molecule has 1 amide bonds. The van der Waals surface area contributed by atoms with Crippen molar-refractivity contribution in [3.63, 3.8) is 0 Å². The number of carbonyl (C=O) groups is 1. The van der Waals surface area contributed by atoms with Gasteiger partial charge in [-0.15, -0.1) is 0 Å². The number of anilines is 2. The average Bonchev–Trinajstić information content (AvgIpc) is 2.67. The Morgan fingerprint density at radius 2 is 1.73 bits per heavy atom. The van der Waals surface area contributed by atoms with Gasteiger partial charge in [-0.05, 0) is 19.1 Å². The molecule has 0 spiro atoms. The van der Waals surface area contributed by atoms with Gasteiger partial charge in [0.25, 0.3) is 5.91 Å². The minimum absolute atomic E-state index is 0.00739. The second kappa shape index (κ2) is 7.65. The molecule has 0 unspecified atom stereocenters. The molecule has 3 rings (SSSR count). The van der Waals surface area contributed by atoms with Crippen LogP contribution in [0.15, 0.2) is 30.3 Å². The number of rotatable bonds is 4. The smallest absolute Gasteiger partial charge is 0.253 e. The molecule has 1 atom stereocenters. The van der Waals surface area contributed by atoms with Crippen LogP contribution < -0.4 is 10.6 Å². The lowest BCUT2D eigenvalue weighted by Gasteiger charge is -2.37. The summed E-state index contributed by atoms with van der Waals surface area (Å²) in [7, 11) is 3.74. The highest BCUT2D eigenvalue weighted by Gasteiger charge is 2.27. The van der Waals surface area contributed by atoms with Gasteiger partial charge in [0.05, 0.1) is 6.04 Å². The molecule has 2 aromatic rings. The molecule has 1 aliphatic rings. The minimum Gasteiger partial charge on any atom is -0.368 e. The molecule has 2 N–H and O–H groups in total. The van der Waals surface area contributed by atoms with Crippen LogP contribution in [-0.4, -0.2) is 70.9 Å². The Morgan fingerprint density at radius 1 is 1.08 bits per heavy atom. The summed E-state index contributed by atoms with van der Waals surface area (Å²) in [5.41, 5.74) is 6.56. The number of benzene rings is 1. The average molecular weight is 355 g/mol. The van der Waals surface area contributed by atoms with Crippen LogP contribution in [-0.2, 0) is 0 Å². The molecule has 8 heteroatoms. The highest BCUT2D eigenvalue weighted by molar-refractivity contribution is 5.94. The SMILES string of the molecule is C[C@H](c1nc(N)nc(N(C)C)n1)N1CCN(C(=O)c2ccccc2)CC1. The molecular weight excluding hydrogens is 330 g/mol. The second-order valence-electron chi connectivity index (χ2n) is 6.62. The molecular formula is C18H25N7O. The van der Waals surface area contributed by atoms with E-state index in [1.54, 1.807) is 0 Å². The van der Waals surface area contributed by atoms with Crippen molar-refractivity contribution in [3.05, 3.63) is 41.7 Å². The number of hydrogen-bond acceptors (Lipinski definition) is 7. The monoisotopic (exact) mass is 355 g/mol. The third-order valence-electron chi connectivity index (χ3n) is 4.60. The summed E-state index contributed by atoms with van der Waals surface area (Å²) in [6, 6.07) is 9.41. The van der Waals surface area contributed by atoms with E-state index in [4.69, 9.17) is 5.73 Å². The van der Waals surface area contributed by atoms with E-state index < -0.39 is 0 Å².